The second-order valence-corrected chi connectivity index (χ2v) is 4.47. The smallest absolute Gasteiger partial charge is 0.338 e. The fourth-order valence-corrected chi connectivity index (χ4v) is 2.24. The normalized spacial score (nSPS) is 35.5. The van der Waals surface area contributed by atoms with E-state index in [0.717, 1.165) is 6.42 Å². The van der Waals surface area contributed by atoms with Crippen LogP contribution in [0.3, 0.4) is 0 Å². The lowest BCUT2D eigenvalue weighted by molar-refractivity contribution is -0.152. The first-order chi connectivity index (χ1) is 8.65. The number of hydrogen-bond acceptors (Lipinski definition) is 5. The summed E-state index contributed by atoms with van der Waals surface area (Å²) in [6.07, 6.45) is 6.64. The molecule has 0 aromatic rings. The molecule has 5 heteroatoms. The average Bonchev–Trinajstić information content (AvgIpc) is 2.94. The number of carbonyl (C=O) groups is 2. The molecule has 0 N–H and O–H groups in total. The van der Waals surface area contributed by atoms with Gasteiger partial charge in [-0.25, -0.2) is 9.59 Å². The number of allylic oxidation sites excluding steroid dienone is 1. The zero-order valence-corrected chi connectivity index (χ0v) is 9.79. The molecule has 5 nitrogen and oxygen atoms in total. The molecule has 94 valence electrons. The van der Waals surface area contributed by atoms with Gasteiger partial charge in [-0.15, -0.1) is 0 Å². The molecule has 1 fully saturated rings. The molecule has 0 aromatic heterocycles. The van der Waals surface area contributed by atoms with Gasteiger partial charge >= 0.3 is 11.9 Å². The number of hydrogen-bond donors (Lipinski definition) is 0. The zero-order chi connectivity index (χ0) is 12.7. The molecule has 0 radical (unpaired) electrons. The van der Waals surface area contributed by atoms with Crippen molar-refractivity contribution in [3.8, 4) is 0 Å². The minimum absolute atomic E-state index is 0.0275. The second kappa shape index (κ2) is 4.01. The van der Waals surface area contributed by atoms with Crippen LogP contribution in [0.5, 0.6) is 0 Å². The van der Waals surface area contributed by atoms with Crippen molar-refractivity contribution in [2.75, 3.05) is 0 Å². The molecule has 1 aliphatic carbocycles. The molecule has 0 spiro atoms. The topological polar surface area (TPSA) is 61.8 Å². The molecule has 3 aliphatic rings. The molecule has 3 rings (SSSR count). The standard InChI is InChI=1S/C13H12O5/c1-7-5-11(18-12(7)14)16-6-9-8-3-2-4-10(8)17-13(9)15/h2,4-6,8,10-11H,3H2,1H3/b9-6+/t8-,10-,11+/m1/s1. The molecule has 0 unspecified atom stereocenters. The summed E-state index contributed by atoms with van der Waals surface area (Å²) in [6, 6.07) is 0. The molecular formula is C13H12O5. The van der Waals surface area contributed by atoms with E-state index in [0.29, 0.717) is 11.1 Å². The van der Waals surface area contributed by atoms with E-state index in [2.05, 4.69) is 0 Å². The van der Waals surface area contributed by atoms with Gasteiger partial charge in [0.25, 0.3) is 6.29 Å². The highest BCUT2D eigenvalue weighted by Crippen LogP contribution is 2.36. The SMILES string of the molecule is CC1=C[C@@H](O/C=C2/C(=O)O[C@@H]3C=CC[C@H]23)OC1=O. The minimum atomic E-state index is -0.744. The average molecular weight is 248 g/mol. The zero-order valence-electron chi connectivity index (χ0n) is 9.79. The number of rotatable bonds is 2. The Bertz CT molecular complexity index is 500. The van der Waals surface area contributed by atoms with E-state index in [1.54, 1.807) is 13.0 Å². The maximum absolute atomic E-state index is 11.6. The van der Waals surface area contributed by atoms with Gasteiger partial charge in [0, 0.05) is 17.6 Å². The lowest BCUT2D eigenvalue weighted by atomic mass is 9.99. The summed E-state index contributed by atoms with van der Waals surface area (Å²) in [6.45, 7) is 1.65. The van der Waals surface area contributed by atoms with Crippen LogP contribution in [-0.4, -0.2) is 24.3 Å². The fourth-order valence-electron chi connectivity index (χ4n) is 2.24. The number of fused-ring (bicyclic) bond motifs is 1. The second-order valence-electron chi connectivity index (χ2n) is 4.47. The molecule has 1 saturated heterocycles. The summed E-state index contributed by atoms with van der Waals surface area (Å²) in [4.78, 5) is 22.7. The largest absolute Gasteiger partial charge is 0.458 e. The molecule has 3 atom stereocenters. The van der Waals surface area contributed by atoms with Gasteiger partial charge in [-0.2, -0.15) is 0 Å². The molecular weight excluding hydrogens is 236 g/mol. The molecule has 2 aliphatic heterocycles. The Morgan fingerprint density at radius 2 is 2.17 bits per heavy atom. The van der Waals surface area contributed by atoms with Gasteiger partial charge in [0.2, 0.25) is 0 Å². The number of ether oxygens (including phenoxy) is 3. The Labute approximate surface area is 104 Å². The Morgan fingerprint density at radius 3 is 2.89 bits per heavy atom. The van der Waals surface area contributed by atoms with E-state index in [1.807, 2.05) is 12.2 Å². The van der Waals surface area contributed by atoms with E-state index < -0.39 is 12.3 Å². The Hall–Kier alpha value is -2.04. The van der Waals surface area contributed by atoms with Crippen LogP contribution in [0.4, 0.5) is 0 Å². The fraction of sp³-hybridized carbons (Fsp3) is 0.385. The predicted octanol–water partition coefficient (Wildman–Crippen LogP) is 1.22. The van der Waals surface area contributed by atoms with Crippen LogP contribution < -0.4 is 0 Å². The number of cyclic esters (lactones) is 1. The summed E-state index contributed by atoms with van der Waals surface area (Å²) in [7, 11) is 0. The predicted molar refractivity (Wildman–Crippen MR) is 59.9 cm³/mol. The third-order valence-electron chi connectivity index (χ3n) is 3.25. The van der Waals surface area contributed by atoms with Gasteiger partial charge in [0.1, 0.15) is 6.10 Å². The van der Waals surface area contributed by atoms with Gasteiger partial charge in [-0.3, -0.25) is 0 Å². The van der Waals surface area contributed by atoms with Crippen molar-refractivity contribution < 1.29 is 23.8 Å². The maximum atomic E-state index is 11.6. The number of esters is 2. The Balaban J connectivity index is 1.70. The minimum Gasteiger partial charge on any atom is -0.458 e. The van der Waals surface area contributed by atoms with Gasteiger partial charge in [-0.05, 0) is 19.4 Å². The first-order valence-corrected chi connectivity index (χ1v) is 5.78. The highest BCUT2D eigenvalue weighted by Gasteiger charge is 2.40. The van der Waals surface area contributed by atoms with Crippen LogP contribution >= 0.6 is 0 Å². The lowest BCUT2D eigenvalue weighted by Crippen LogP contribution is -2.12. The van der Waals surface area contributed by atoms with E-state index in [-0.39, 0.29) is 18.0 Å². The number of carbonyl (C=O) groups excluding carboxylic acids is 2. The van der Waals surface area contributed by atoms with Crippen LogP contribution in [0.1, 0.15) is 13.3 Å². The van der Waals surface area contributed by atoms with Gasteiger partial charge in [-0.1, -0.05) is 6.08 Å². The summed E-state index contributed by atoms with van der Waals surface area (Å²) < 4.78 is 15.4. The van der Waals surface area contributed by atoms with Crippen molar-refractivity contribution in [3.63, 3.8) is 0 Å². The van der Waals surface area contributed by atoms with E-state index >= 15 is 0 Å². The third kappa shape index (κ3) is 1.72. The van der Waals surface area contributed by atoms with Crippen LogP contribution in [0.25, 0.3) is 0 Å². The van der Waals surface area contributed by atoms with Gasteiger partial charge < -0.3 is 14.2 Å². The molecule has 18 heavy (non-hydrogen) atoms. The first-order valence-electron chi connectivity index (χ1n) is 5.78. The highest BCUT2D eigenvalue weighted by molar-refractivity contribution is 5.92. The van der Waals surface area contributed by atoms with Crippen LogP contribution in [0.15, 0.2) is 35.6 Å². The van der Waals surface area contributed by atoms with E-state index in [1.165, 1.54) is 6.26 Å². The van der Waals surface area contributed by atoms with Crippen LogP contribution in [0.2, 0.25) is 0 Å². The summed E-state index contributed by atoms with van der Waals surface area (Å²) in [5.41, 5.74) is 1.01. The van der Waals surface area contributed by atoms with Crippen molar-refractivity contribution in [2.45, 2.75) is 25.7 Å². The molecule has 0 saturated carbocycles. The van der Waals surface area contributed by atoms with Crippen molar-refractivity contribution in [3.05, 3.63) is 35.6 Å². The van der Waals surface area contributed by atoms with E-state index in [9.17, 15) is 9.59 Å². The van der Waals surface area contributed by atoms with Crippen LogP contribution in [-0.2, 0) is 23.8 Å². The van der Waals surface area contributed by atoms with Crippen molar-refractivity contribution in [2.24, 2.45) is 5.92 Å². The summed E-state index contributed by atoms with van der Waals surface area (Å²) in [5.74, 6) is -0.730. The van der Waals surface area contributed by atoms with Gasteiger partial charge in [0.15, 0.2) is 0 Å². The molecule has 0 bridgehead atoms. The van der Waals surface area contributed by atoms with Crippen molar-refractivity contribution in [1.29, 1.82) is 0 Å². The van der Waals surface area contributed by atoms with Crippen LogP contribution in [0, 0.1) is 5.92 Å². The molecule has 0 amide bonds. The Kier molecular flexibility index (Phi) is 2.47. The first kappa shape index (κ1) is 11.1. The lowest BCUT2D eigenvalue weighted by Gasteiger charge is -2.09. The van der Waals surface area contributed by atoms with Crippen molar-refractivity contribution in [1.82, 2.24) is 0 Å². The highest BCUT2D eigenvalue weighted by atomic mass is 16.7. The Morgan fingerprint density at radius 1 is 1.33 bits per heavy atom. The summed E-state index contributed by atoms with van der Waals surface area (Å²) in [5, 5.41) is 0. The quantitative estimate of drug-likeness (QED) is 0.318. The molecule has 2 heterocycles. The third-order valence-corrected chi connectivity index (χ3v) is 3.25. The van der Waals surface area contributed by atoms with Crippen molar-refractivity contribution >= 4 is 11.9 Å². The molecule has 0 aromatic carbocycles. The van der Waals surface area contributed by atoms with E-state index in [4.69, 9.17) is 14.2 Å². The van der Waals surface area contributed by atoms with Gasteiger partial charge in [0.05, 0.1) is 11.8 Å². The summed E-state index contributed by atoms with van der Waals surface area (Å²) >= 11 is 0. The maximum Gasteiger partial charge on any atom is 0.338 e. The monoisotopic (exact) mass is 248 g/mol.